The average Bonchev–Trinajstić information content (AvgIpc) is 2.63. The van der Waals surface area contributed by atoms with Crippen molar-refractivity contribution < 1.29 is 18.1 Å². The maximum Gasteiger partial charge on any atom is 0.218 e. The molecule has 1 heterocycles. The Hall–Kier alpha value is -1.60. The van der Waals surface area contributed by atoms with E-state index in [1.54, 1.807) is 11.4 Å². The molecule has 2 aromatic carbocycles. The maximum absolute atomic E-state index is 12.6. The molecule has 0 amide bonds. The van der Waals surface area contributed by atoms with E-state index in [2.05, 4.69) is 0 Å². The van der Waals surface area contributed by atoms with Gasteiger partial charge < -0.3 is 9.64 Å². The lowest BCUT2D eigenvalue weighted by molar-refractivity contribution is -0.917. The Morgan fingerprint density at radius 1 is 1.12 bits per heavy atom. The molecule has 1 N–H and O–H groups in total. The highest BCUT2D eigenvalue weighted by molar-refractivity contribution is 7.88. The number of hydrogen-bond acceptors (Lipinski definition) is 3. The minimum Gasteiger partial charge on any atom is -0.496 e. The summed E-state index contributed by atoms with van der Waals surface area (Å²) >= 11 is 6.10. The first-order chi connectivity index (χ1) is 12.5. The second-order valence-corrected chi connectivity index (χ2v) is 8.93. The van der Waals surface area contributed by atoms with Crippen molar-refractivity contribution in [1.82, 2.24) is 4.31 Å². The van der Waals surface area contributed by atoms with E-state index in [-0.39, 0.29) is 5.75 Å². The normalized spacial score (nSPS) is 16.5. The van der Waals surface area contributed by atoms with Crippen LogP contribution < -0.4 is 9.64 Å². The van der Waals surface area contributed by atoms with Gasteiger partial charge >= 0.3 is 0 Å². The molecule has 0 bridgehead atoms. The van der Waals surface area contributed by atoms with Crippen molar-refractivity contribution in [3.05, 3.63) is 64.7 Å². The summed E-state index contributed by atoms with van der Waals surface area (Å²) in [5.41, 5.74) is 1.88. The molecule has 0 aromatic heterocycles. The van der Waals surface area contributed by atoms with Crippen LogP contribution in [-0.2, 0) is 22.3 Å². The molecule has 140 valence electrons. The minimum absolute atomic E-state index is 0.0608. The van der Waals surface area contributed by atoms with Crippen molar-refractivity contribution in [2.75, 3.05) is 33.3 Å². The SMILES string of the molecule is COc1ccc(Cl)cc1C[NH+]1CCN(S(=O)(=O)Cc2ccccc2)CC1. The highest BCUT2D eigenvalue weighted by atomic mass is 35.5. The zero-order valence-electron chi connectivity index (χ0n) is 14.8. The second kappa shape index (κ2) is 8.39. The number of piperazine rings is 1. The van der Waals surface area contributed by atoms with Gasteiger partial charge in [-0.25, -0.2) is 8.42 Å². The van der Waals surface area contributed by atoms with Gasteiger partial charge in [0.25, 0.3) is 0 Å². The van der Waals surface area contributed by atoms with Gasteiger partial charge in [0.05, 0.1) is 39.0 Å². The fourth-order valence-corrected chi connectivity index (χ4v) is 5.02. The van der Waals surface area contributed by atoms with Crippen LogP contribution in [0, 0.1) is 0 Å². The average molecular weight is 396 g/mol. The Morgan fingerprint density at radius 2 is 1.81 bits per heavy atom. The van der Waals surface area contributed by atoms with Crippen molar-refractivity contribution in [2.24, 2.45) is 0 Å². The van der Waals surface area contributed by atoms with E-state index in [1.807, 2.05) is 48.5 Å². The van der Waals surface area contributed by atoms with Crippen molar-refractivity contribution in [2.45, 2.75) is 12.3 Å². The van der Waals surface area contributed by atoms with E-state index in [9.17, 15) is 8.42 Å². The molecule has 1 fully saturated rings. The summed E-state index contributed by atoms with van der Waals surface area (Å²) in [7, 11) is -1.63. The van der Waals surface area contributed by atoms with Crippen LogP contribution in [-0.4, -0.2) is 46.0 Å². The summed E-state index contributed by atoms with van der Waals surface area (Å²) < 4.78 is 32.3. The second-order valence-electron chi connectivity index (χ2n) is 6.52. The standard InChI is InChI=1S/C19H23ClN2O3S/c1-25-19-8-7-18(20)13-17(19)14-21-9-11-22(12-10-21)26(23,24)15-16-5-3-2-4-6-16/h2-8,13H,9-12,14-15H2,1H3/p+1. The van der Waals surface area contributed by atoms with Crippen molar-refractivity contribution in [3.8, 4) is 5.75 Å². The van der Waals surface area contributed by atoms with Crippen LogP contribution in [0.2, 0.25) is 5.02 Å². The monoisotopic (exact) mass is 395 g/mol. The molecule has 26 heavy (non-hydrogen) atoms. The largest absolute Gasteiger partial charge is 0.496 e. The van der Waals surface area contributed by atoms with E-state index < -0.39 is 10.0 Å². The van der Waals surface area contributed by atoms with Crippen LogP contribution in [0.25, 0.3) is 0 Å². The molecular weight excluding hydrogens is 372 g/mol. The summed E-state index contributed by atoms with van der Waals surface area (Å²) in [5, 5.41) is 0.685. The Bertz CT molecular complexity index is 835. The third-order valence-corrected chi connectivity index (χ3v) is 6.78. The van der Waals surface area contributed by atoms with E-state index >= 15 is 0 Å². The van der Waals surface area contributed by atoms with E-state index in [0.29, 0.717) is 18.1 Å². The first kappa shape index (κ1) is 19.2. The summed E-state index contributed by atoms with van der Waals surface area (Å²) in [6.07, 6.45) is 0. The zero-order valence-corrected chi connectivity index (χ0v) is 16.4. The van der Waals surface area contributed by atoms with Gasteiger partial charge in [-0.05, 0) is 23.8 Å². The Balaban J connectivity index is 1.60. The Labute approximate surface area is 160 Å². The molecule has 0 saturated carbocycles. The van der Waals surface area contributed by atoms with Gasteiger partial charge in [-0.3, -0.25) is 0 Å². The maximum atomic E-state index is 12.6. The van der Waals surface area contributed by atoms with Crippen molar-refractivity contribution in [3.63, 3.8) is 0 Å². The third kappa shape index (κ3) is 4.76. The number of sulfonamides is 1. The third-order valence-electron chi connectivity index (χ3n) is 4.70. The molecule has 0 atom stereocenters. The van der Waals surface area contributed by atoms with Gasteiger partial charge in [0.2, 0.25) is 10.0 Å². The van der Waals surface area contributed by atoms with Gasteiger partial charge in [-0.15, -0.1) is 0 Å². The molecule has 0 spiro atoms. The molecule has 1 saturated heterocycles. The molecule has 7 heteroatoms. The van der Waals surface area contributed by atoms with Gasteiger partial charge in [0.1, 0.15) is 12.3 Å². The summed E-state index contributed by atoms with van der Waals surface area (Å²) in [6, 6.07) is 14.9. The van der Waals surface area contributed by atoms with Crippen molar-refractivity contribution in [1.29, 1.82) is 0 Å². The summed E-state index contributed by atoms with van der Waals surface area (Å²) in [5.74, 6) is 0.881. The first-order valence-corrected chi connectivity index (χ1v) is 10.6. The smallest absolute Gasteiger partial charge is 0.218 e. The lowest BCUT2D eigenvalue weighted by atomic mass is 10.1. The topological polar surface area (TPSA) is 51.1 Å². The van der Waals surface area contributed by atoms with Gasteiger partial charge in [-0.1, -0.05) is 41.9 Å². The van der Waals surface area contributed by atoms with Crippen LogP contribution in [0.4, 0.5) is 0 Å². The Morgan fingerprint density at radius 3 is 2.46 bits per heavy atom. The molecule has 0 radical (unpaired) electrons. The fourth-order valence-electron chi connectivity index (χ4n) is 3.29. The molecule has 1 aliphatic rings. The fraction of sp³-hybridized carbons (Fsp3) is 0.368. The van der Waals surface area contributed by atoms with Crippen LogP contribution in [0.1, 0.15) is 11.1 Å². The molecule has 0 unspecified atom stereocenters. The number of rotatable bonds is 6. The van der Waals surface area contributed by atoms with Gasteiger partial charge in [0.15, 0.2) is 0 Å². The number of benzene rings is 2. The lowest BCUT2D eigenvalue weighted by Crippen LogP contribution is -3.13. The molecular formula is C19H24ClN2O3S+. The number of ether oxygens (including phenoxy) is 1. The highest BCUT2D eigenvalue weighted by Crippen LogP contribution is 2.22. The first-order valence-electron chi connectivity index (χ1n) is 8.65. The molecule has 2 aromatic rings. The molecule has 1 aliphatic heterocycles. The minimum atomic E-state index is -3.28. The van der Waals surface area contributed by atoms with Crippen LogP contribution in [0.5, 0.6) is 5.75 Å². The lowest BCUT2D eigenvalue weighted by Gasteiger charge is -2.31. The molecule has 0 aliphatic carbocycles. The summed E-state index contributed by atoms with van der Waals surface area (Å²) in [6.45, 7) is 3.38. The van der Waals surface area contributed by atoms with Crippen molar-refractivity contribution >= 4 is 21.6 Å². The number of nitrogens with zero attached hydrogens (tertiary/aromatic N) is 1. The highest BCUT2D eigenvalue weighted by Gasteiger charge is 2.29. The molecule has 5 nitrogen and oxygen atoms in total. The van der Waals surface area contributed by atoms with Crippen LogP contribution in [0.3, 0.4) is 0 Å². The molecule has 3 rings (SSSR count). The number of nitrogens with one attached hydrogen (secondary N) is 1. The number of methoxy groups -OCH3 is 1. The van der Waals surface area contributed by atoms with E-state index in [1.165, 1.54) is 4.90 Å². The quantitative estimate of drug-likeness (QED) is 0.808. The van der Waals surface area contributed by atoms with Gasteiger partial charge in [0, 0.05) is 10.6 Å². The number of quaternary nitrogens is 1. The van der Waals surface area contributed by atoms with E-state index in [4.69, 9.17) is 16.3 Å². The van der Waals surface area contributed by atoms with Crippen LogP contribution >= 0.6 is 11.6 Å². The van der Waals surface area contributed by atoms with Gasteiger partial charge in [-0.2, -0.15) is 4.31 Å². The number of hydrogen-bond donors (Lipinski definition) is 1. The predicted octanol–water partition coefficient (Wildman–Crippen LogP) is 1.58. The zero-order chi connectivity index (χ0) is 18.6. The predicted molar refractivity (Wildman–Crippen MR) is 103 cm³/mol. The van der Waals surface area contributed by atoms with Crippen LogP contribution in [0.15, 0.2) is 48.5 Å². The Kier molecular flexibility index (Phi) is 6.19. The number of halogens is 1. The van der Waals surface area contributed by atoms with E-state index in [0.717, 1.165) is 36.5 Å². The summed E-state index contributed by atoms with van der Waals surface area (Å²) in [4.78, 5) is 1.33.